The van der Waals surface area contributed by atoms with Gasteiger partial charge in [-0.2, -0.15) is 0 Å². The van der Waals surface area contributed by atoms with E-state index < -0.39 is 0 Å². The zero-order chi connectivity index (χ0) is 17.9. The largest absolute Gasteiger partial charge is 0.494 e. The summed E-state index contributed by atoms with van der Waals surface area (Å²) in [5.41, 5.74) is 4.53. The number of hydrogen-bond donors (Lipinski definition) is 1. The number of hydrogen-bond acceptors (Lipinski definition) is 3. The van der Waals surface area contributed by atoms with Crippen molar-refractivity contribution in [1.29, 1.82) is 0 Å². The third-order valence-electron chi connectivity index (χ3n) is 5.04. The fraction of sp³-hybridized carbons (Fsp3) is 0.318. The number of nitrogens with one attached hydrogen (secondary N) is 1. The average molecular weight is 348 g/mol. The van der Waals surface area contributed by atoms with Crippen LogP contribution in [0.3, 0.4) is 0 Å². The molecule has 4 rings (SSSR count). The number of ether oxygens (including phenoxy) is 1. The minimum atomic E-state index is 0.0956. The van der Waals surface area contributed by atoms with Gasteiger partial charge in [0.25, 0.3) is 5.91 Å². The van der Waals surface area contributed by atoms with Crippen molar-refractivity contribution in [2.45, 2.75) is 32.6 Å². The minimum Gasteiger partial charge on any atom is -0.494 e. The molecule has 0 amide bonds. The van der Waals surface area contributed by atoms with Crippen LogP contribution in [0.15, 0.2) is 48.5 Å². The van der Waals surface area contributed by atoms with Crippen LogP contribution in [0, 0.1) is 0 Å². The van der Waals surface area contributed by atoms with Crippen molar-refractivity contribution in [2.75, 3.05) is 18.5 Å². The van der Waals surface area contributed by atoms with Gasteiger partial charge < -0.3 is 10.1 Å². The van der Waals surface area contributed by atoms with Gasteiger partial charge >= 0.3 is 0 Å². The number of carbonyl (C=O) groups excluding carboxylic acids is 1. The first-order chi connectivity index (χ1) is 12.8. The molecule has 1 aliphatic carbocycles. The molecule has 0 spiro atoms. The van der Waals surface area contributed by atoms with E-state index in [1.54, 1.807) is 0 Å². The van der Waals surface area contributed by atoms with Crippen LogP contribution >= 0.6 is 0 Å². The lowest BCUT2D eigenvalue weighted by molar-refractivity contribution is 0.0930. The number of fused-ring (bicyclic) bond motifs is 3. The van der Waals surface area contributed by atoms with Gasteiger partial charge in [0.1, 0.15) is 5.75 Å². The van der Waals surface area contributed by atoms with Crippen LogP contribution in [0.25, 0.3) is 10.9 Å². The number of carbonyl (C=O) groups is 1. The maximum absolute atomic E-state index is 13.0. The number of nitrogens with zero attached hydrogens (tertiary/aromatic N) is 1. The maximum atomic E-state index is 13.0. The highest BCUT2D eigenvalue weighted by atomic mass is 16.5. The molecule has 1 heterocycles. The van der Waals surface area contributed by atoms with Crippen LogP contribution in [-0.2, 0) is 12.8 Å². The molecule has 0 fully saturated rings. The molecule has 0 aliphatic heterocycles. The number of aryl methyl sites for hydroxylation is 1. The predicted molar refractivity (Wildman–Crippen MR) is 105 cm³/mol. The van der Waals surface area contributed by atoms with E-state index >= 15 is 0 Å². The van der Waals surface area contributed by atoms with E-state index in [2.05, 4.69) is 23.5 Å². The van der Waals surface area contributed by atoms with Gasteiger partial charge in [-0.3, -0.25) is 9.36 Å². The summed E-state index contributed by atoms with van der Waals surface area (Å²) in [6, 6.07) is 16.0. The Morgan fingerprint density at radius 1 is 1.08 bits per heavy atom. The molecule has 26 heavy (non-hydrogen) atoms. The molecule has 2 aromatic carbocycles. The number of para-hydroxylation sites is 1. The Morgan fingerprint density at radius 2 is 1.85 bits per heavy atom. The first-order valence-electron chi connectivity index (χ1n) is 9.39. The van der Waals surface area contributed by atoms with Crippen molar-refractivity contribution < 1.29 is 9.53 Å². The summed E-state index contributed by atoms with van der Waals surface area (Å²) in [6.45, 7) is 2.89. The van der Waals surface area contributed by atoms with Crippen LogP contribution < -0.4 is 10.1 Å². The second-order valence-corrected chi connectivity index (χ2v) is 6.69. The van der Waals surface area contributed by atoms with Crippen molar-refractivity contribution in [3.63, 3.8) is 0 Å². The van der Waals surface area contributed by atoms with Crippen LogP contribution in [0.2, 0.25) is 0 Å². The second kappa shape index (κ2) is 7.24. The van der Waals surface area contributed by atoms with Gasteiger partial charge in [0.15, 0.2) is 0 Å². The van der Waals surface area contributed by atoms with Crippen LogP contribution in [0.5, 0.6) is 5.75 Å². The van der Waals surface area contributed by atoms with Crippen LogP contribution in [0.4, 0.5) is 5.69 Å². The van der Waals surface area contributed by atoms with Crippen LogP contribution in [-0.4, -0.2) is 23.6 Å². The third kappa shape index (κ3) is 3.07. The van der Waals surface area contributed by atoms with E-state index in [0.29, 0.717) is 6.61 Å². The molecule has 0 radical (unpaired) electrons. The number of rotatable bonds is 5. The molecule has 0 saturated heterocycles. The summed E-state index contributed by atoms with van der Waals surface area (Å²) >= 11 is 0. The lowest BCUT2D eigenvalue weighted by atomic mass is 9.95. The zero-order valence-corrected chi connectivity index (χ0v) is 15.1. The van der Waals surface area contributed by atoms with Crippen molar-refractivity contribution >= 4 is 22.5 Å². The molecule has 134 valence electrons. The summed E-state index contributed by atoms with van der Waals surface area (Å²) in [5, 5.41) is 4.48. The average Bonchev–Trinajstić information content (AvgIpc) is 3.02. The van der Waals surface area contributed by atoms with Gasteiger partial charge in [-0.25, -0.2) is 0 Å². The molecule has 0 atom stereocenters. The Kier molecular flexibility index (Phi) is 4.65. The number of aromatic nitrogens is 1. The molecule has 1 aromatic heterocycles. The Bertz CT molecular complexity index is 925. The first kappa shape index (κ1) is 16.7. The Labute approximate surface area is 153 Å². The molecule has 3 aromatic rings. The second-order valence-electron chi connectivity index (χ2n) is 6.69. The quantitative estimate of drug-likeness (QED) is 0.728. The Balaban J connectivity index is 1.57. The number of benzene rings is 2. The highest BCUT2D eigenvalue weighted by molar-refractivity contribution is 5.97. The van der Waals surface area contributed by atoms with Gasteiger partial charge in [0, 0.05) is 16.8 Å². The highest BCUT2D eigenvalue weighted by Gasteiger charge is 2.22. The van der Waals surface area contributed by atoms with Crippen molar-refractivity contribution in [3.05, 3.63) is 59.8 Å². The third-order valence-corrected chi connectivity index (χ3v) is 5.04. The summed E-state index contributed by atoms with van der Waals surface area (Å²) in [5.74, 6) is 0.938. The van der Waals surface area contributed by atoms with Gasteiger partial charge in [-0.05, 0) is 68.5 Å². The van der Waals surface area contributed by atoms with E-state index in [4.69, 9.17) is 4.74 Å². The maximum Gasteiger partial charge on any atom is 0.250 e. The molecule has 4 nitrogen and oxygen atoms in total. The SMILES string of the molecule is CCOc1ccc(NCC(=O)n2c3c(c4ccccc42)CCCC3)cc1. The molecule has 0 saturated carbocycles. The van der Waals surface area contributed by atoms with Gasteiger partial charge in [-0.1, -0.05) is 18.2 Å². The molecule has 1 N–H and O–H groups in total. The summed E-state index contributed by atoms with van der Waals surface area (Å²) in [7, 11) is 0. The van der Waals surface area contributed by atoms with E-state index in [9.17, 15) is 4.79 Å². The molecule has 1 aliphatic rings. The lowest BCUT2D eigenvalue weighted by Crippen LogP contribution is -2.23. The highest BCUT2D eigenvalue weighted by Crippen LogP contribution is 2.32. The molecule has 0 unspecified atom stereocenters. The minimum absolute atomic E-state index is 0.0956. The normalized spacial score (nSPS) is 13.4. The van der Waals surface area contributed by atoms with Crippen molar-refractivity contribution in [3.8, 4) is 5.75 Å². The number of anilines is 1. The molecule has 0 bridgehead atoms. The fourth-order valence-electron chi connectivity index (χ4n) is 3.87. The molecular formula is C22H24N2O2. The Morgan fingerprint density at radius 3 is 2.65 bits per heavy atom. The van der Waals surface area contributed by atoms with Crippen molar-refractivity contribution in [2.24, 2.45) is 0 Å². The van der Waals surface area contributed by atoms with Crippen molar-refractivity contribution in [1.82, 2.24) is 4.57 Å². The van der Waals surface area contributed by atoms with Gasteiger partial charge in [-0.15, -0.1) is 0 Å². The zero-order valence-electron chi connectivity index (χ0n) is 15.1. The first-order valence-corrected chi connectivity index (χ1v) is 9.39. The topological polar surface area (TPSA) is 43.3 Å². The van der Waals surface area contributed by atoms with Gasteiger partial charge in [0.05, 0.1) is 18.7 Å². The monoisotopic (exact) mass is 348 g/mol. The fourth-order valence-corrected chi connectivity index (χ4v) is 3.87. The summed E-state index contributed by atoms with van der Waals surface area (Å²) in [6.07, 6.45) is 4.42. The summed E-state index contributed by atoms with van der Waals surface area (Å²) in [4.78, 5) is 13.0. The van der Waals surface area contributed by atoms with Crippen LogP contribution in [0.1, 0.15) is 35.8 Å². The van der Waals surface area contributed by atoms with E-state index in [0.717, 1.165) is 36.2 Å². The lowest BCUT2D eigenvalue weighted by Gasteiger charge is -2.15. The molecule has 4 heteroatoms. The van der Waals surface area contributed by atoms with E-state index in [-0.39, 0.29) is 12.5 Å². The predicted octanol–water partition coefficient (Wildman–Crippen LogP) is 4.67. The van der Waals surface area contributed by atoms with E-state index in [1.165, 1.54) is 23.1 Å². The van der Waals surface area contributed by atoms with Gasteiger partial charge in [0.2, 0.25) is 0 Å². The van der Waals surface area contributed by atoms with E-state index in [1.807, 2.05) is 41.8 Å². The smallest absolute Gasteiger partial charge is 0.250 e. The standard InChI is InChI=1S/C22H24N2O2/c1-2-26-17-13-11-16(12-14-17)23-15-22(25)24-20-9-5-3-7-18(20)19-8-4-6-10-21(19)24/h3,5,7,9,11-14,23H,2,4,6,8,10,15H2,1H3. The molecular weight excluding hydrogens is 324 g/mol. The summed E-state index contributed by atoms with van der Waals surface area (Å²) < 4.78 is 7.39. The Hall–Kier alpha value is -2.75.